The lowest BCUT2D eigenvalue weighted by atomic mass is 10.2. The van der Waals surface area contributed by atoms with E-state index < -0.39 is 4.92 Å². The number of rotatable bonds is 5. The summed E-state index contributed by atoms with van der Waals surface area (Å²) < 4.78 is 6.92. The van der Waals surface area contributed by atoms with Crippen LogP contribution >= 0.6 is 0 Å². The van der Waals surface area contributed by atoms with E-state index in [2.05, 4.69) is 5.32 Å². The Bertz CT molecular complexity index is 593. The minimum atomic E-state index is -0.421. The Kier molecular flexibility index (Phi) is 3.70. The summed E-state index contributed by atoms with van der Waals surface area (Å²) in [5.74, 6) is 0.469. The number of nitrogens with one attached hydrogen (secondary N) is 1. The maximum Gasteiger partial charge on any atom is 0.296 e. The van der Waals surface area contributed by atoms with E-state index in [4.69, 9.17) is 4.74 Å². The number of hydrogen-bond acceptors (Lipinski definition) is 4. The monoisotopic (exact) mass is 261 g/mol. The van der Waals surface area contributed by atoms with Gasteiger partial charge in [-0.25, -0.2) is 0 Å². The highest BCUT2D eigenvalue weighted by molar-refractivity contribution is 5.63. The molecular formula is C13H15N3O3. The molecule has 1 N–H and O–H groups in total. The van der Waals surface area contributed by atoms with Gasteiger partial charge in [0.15, 0.2) is 0 Å². The second kappa shape index (κ2) is 5.43. The lowest BCUT2D eigenvalue weighted by molar-refractivity contribution is -0.384. The molecule has 0 saturated carbocycles. The van der Waals surface area contributed by atoms with E-state index in [0.29, 0.717) is 18.0 Å². The molecule has 0 bridgehead atoms. The standard InChI is InChI=1S/C13H15N3O3/c1-15-6-5-10(9-15)8-14-12-4-3-11(19-2)7-13(12)16(17)18/h3-7,9,14H,8H2,1-2H3. The summed E-state index contributed by atoms with van der Waals surface area (Å²) >= 11 is 0. The Morgan fingerprint density at radius 2 is 2.21 bits per heavy atom. The normalized spacial score (nSPS) is 10.2. The first kappa shape index (κ1) is 12.9. The molecule has 1 aromatic carbocycles. The predicted octanol–water partition coefficient (Wildman–Crippen LogP) is 2.55. The lowest BCUT2D eigenvalue weighted by Crippen LogP contribution is -2.02. The predicted molar refractivity (Wildman–Crippen MR) is 72.4 cm³/mol. The lowest BCUT2D eigenvalue weighted by Gasteiger charge is -2.07. The fourth-order valence-electron chi connectivity index (χ4n) is 1.80. The van der Waals surface area contributed by atoms with Crippen LogP contribution in [0.3, 0.4) is 0 Å². The maximum absolute atomic E-state index is 11.0. The van der Waals surface area contributed by atoms with Gasteiger partial charge in [0, 0.05) is 26.0 Å². The van der Waals surface area contributed by atoms with E-state index in [-0.39, 0.29) is 5.69 Å². The van der Waals surface area contributed by atoms with E-state index in [9.17, 15) is 10.1 Å². The molecule has 19 heavy (non-hydrogen) atoms. The molecule has 0 fully saturated rings. The fourth-order valence-corrected chi connectivity index (χ4v) is 1.80. The van der Waals surface area contributed by atoms with Gasteiger partial charge in [0.05, 0.1) is 18.1 Å². The van der Waals surface area contributed by atoms with Gasteiger partial charge in [-0.3, -0.25) is 10.1 Å². The van der Waals surface area contributed by atoms with Crippen molar-refractivity contribution in [3.63, 3.8) is 0 Å². The fraction of sp³-hybridized carbons (Fsp3) is 0.231. The van der Waals surface area contributed by atoms with Gasteiger partial charge in [0.25, 0.3) is 5.69 Å². The summed E-state index contributed by atoms with van der Waals surface area (Å²) in [6.07, 6.45) is 3.89. The van der Waals surface area contributed by atoms with E-state index in [0.717, 1.165) is 5.56 Å². The van der Waals surface area contributed by atoms with Gasteiger partial charge in [0.2, 0.25) is 0 Å². The van der Waals surface area contributed by atoms with Crippen LogP contribution in [0.1, 0.15) is 5.56 Å². The highest BCUT2D eigenvalue weighted by Gasteiger charge is 2.14. The van der Waals surface area contributed by atoms with Crippen LogP contribution in [-0.4, -0.2) is 16.6 Å². The number of aromatic nitrogens is 1. The van der Waals surface area contributed by atoms with Crippen LogP contribution in [0.4, 0.5) is 11.4 Å². The zero-order chi connectivity index (χ0) is 13.8. The number of nitro benzene ring substituents is 1. The Hall–Kier alpha value is -2.50. The molecule has 2 aromatic rings. The number of aryl methyl sites for hydroxylation is 1. The van der Waals surface area contributed by atoms with Gasteiger partial charge in [-0.05, 0) is 23.8 Å². The summed E-state index contributed by atoms with van der Waals surface area (Å²) in [5, 5.41) is 14.1. The maximum atomic E-state index is 11.0. The van der Waals surface area contributed by atoms with Gasteiger partial charge in [-0.15, -0.1) is 0 Å². The molecule has 6 heteroatoms. The van der Waals surface area contributed by atoms with E-state index in [1.165, 1.54) is 13.2 Å². The topological polar surface area (TPSA) is 69.3 Å². The summed E-state index contributed by atoms with van der Waals surface area (Å²) in [4.78, 5) is 10.6. The second-order valence-corrected chi connectivity index (χ2v) is 4.18. The Morgan fingerprint density at radius 1 is 1.42 bits per heavy atom. The molecule has 0 amide bonds. The van der Waals surface area contributed by atoms with Crippen molar-refractivity contribution in [2.75, 3.05) is 12.4 Å². The third-order valence-electron chi connectivity index (χ3n) is 2.78. The van der Waals surface area contributed by atoms with Crippen LogP contribution in [0.5, 0.6) is 5.75 Å². The quantitative estimate of drug-likeness (QED) is 0.663. The molecule has 1 heterocycles. The Balaban J connectivity index is 2.17. The first-order chi connectivity index (χ1) is 9.10. The molecule has 0 saturated heterocycles. The van der Waals surface area contributed by atoms with Crippen LogP contribution in [0.25, 0.3) is 0 Å². The second-order valence-electron chi connectivity index (χ2n) is 4.18. The summed E-state index contributed by atoms with van der Waals surface area (Å²) in [6, 6.07) is 6.72. The summed E-state index contributed by atoms with van der Waals surface area (Å²) in [5.41, 5.74) is 1.55. The summed E-state index contributed by atoms with van der Waals surface area (Å²) in [7, 11) is 3.41. The smallest absolute Gasteiger partial charge is 0.296 e. The van der Waals surface area contributed by atoms with Gasteiger partial charge < -0.3 is 14.6 Å². The minimum absolute atomic E-state index is 0.00952. The molecule has 1 aromatic heterocycles. The van der Waals surface area contributed by atoms with Crippen molar-refractivity contribution < 1.29 is 9.66 Å². The first-order valence-corrected chi connectivity index (χ1v) is 5.77. The number of hydrogen-bond donors (Lipinski definition) is 1. The minimum Gasteiger partial charge on any atom is -0.496 e. The van der Waals surface area contributed by atoms with E-state index in [1.54, 1.807) is 12.1 Å². The van der Waals surface area contributed by atoms with E-state index >= 15 is 0 Å². The van der Waals surface area contributed by atoms with Crippen molar-refractivity contribution >= 4 is 11.4 Å². The average molecular weight is 261 g/mol. The molecule has 0 radical (unpaired) electrons. The van der Waals surface area contributed by atoms with Crippen molar-refractivity contribution in [2.45, 2.75) is 6.54 Å². The van der Waals surface area contributed by atoms with Crippen molar-refractivity contribution in [1.29, 1.82) is 0 Å². The van der Waals surface area contributed by atoms with Crippen molar-refractivity contribution in [3.8, 4) is 5.75 Å². The molecule has 100 valence electrons. The van der Waals surface area contributed by atoms with E-state index in [1.807, 2.05) is 30.1 Å². The molecule has 0 atom stereocenters. The zero-order valence-electron chi connectivity index (χ0n) is 10.8. The van der Waals surface area contributed by atoms with Gasteiger partial charge in [-0.2, -0.15) is 0 Å². The SMILES string of the molecule is COc1ccc(NCc2ccn(C)c2)c([N+](=O)[O-])c1. The number of anilines is 1. The van der Waals surface area contributed by atoms with Crippen LogP contribution in [-0.2, 0) is 13.6 Å². The molecule has 0 aliphatic carbocycles. The van der Waals surface area contributed by atoms with Crippen molar-refractivity contribution in [1.82, 2.24) is 4.57 Å². The largest absolute Gasteiger partial charge is 0.496 e. The number of benzene rings is 1. The molecule has 0 unspecified atom stereocenters. The van der Waals surface area contributed by atoms with Gasteiger partial charge >= 0.3 is 0 Å². The van der Waals surface area contributed by atoms with Crippen LogP contribution < -0.4 is 10.1 Å². The third kappa shape index (κ3) is 3.04. The Labute approximate surface area is 110 Å². The molecule has 0 aliphatic rings. The Morgan fingerprint density at radius 3 is 2.79 bits per heavy atom. The average Bonchev–Trinajstić information content (AvgIpc) is 2.82. The van der Waals surface area contributed by atoms with Crippen molar-refractivity contribution in [2.24, 2.45) is 7.05 Å². The van der Waals surface area contributed by atoms with Gasteiger partial charge in [-0.1, -0.05) is 0 Å². The molecular weight excluding hydrogens is 246 g/mol. The molecule has 0 aliphatic heterocycles. The summed E-state index contributed by atoms with van der Waals surface area (Å²) in [6.45, 7) is 0.536. The number of nitro groups is 1. The highest BCUT2D eigenvalue weighted by atomic mass is 16.6. The number of ether oxygens (including phenoxy) is 1. The third-order valence-corrected chi connectivity index (χ3v) is 2.78. The molecule has 0 spiro atoms. The molecule has 2 rings (SSSR count). The van der Waals surface area contributed by atoms with Gasteiger partial charge in [0.1, 0.15) is 11.4 Å². The highest BCUT2D eigenvalue weighted by Crippen LogP contribution is 2.29. The zero-order valence-corrected chi connectivity index (χ0v) is 10.8. The number of nitrogens with zero attached hydrogens (tertiary/aromatic N) is 2. The number of methoxy groups -OCH3 is 1. The molecule has 6 nitrogen and oxygen atoms in total. The van der Waals surface area contributed by atoms with Crippen molar-refractivity contribution in [3.05, 3.63) is 52.3 Å². The van der Waals surface area contributed by atoms with Crippen LogP contribution in [0.2, 0.25) is 0 Å². The van der Waals surface area contributed by atoms with Crippen LogP contribution in [0, 0.1) is 10.1 Å². The van der Waals surface area contributed by atoms with Crippen LogP contribution in [0.15, 0.2) is 36.7 Å². The first-order valence-electron chi connectivity index (χ1n) is 5.77.